The van der Waals surface area contributed by atoms with Crippen molar-refractivity contribution in [2.45, 2.75) is 0 Å². The first-order valence-electron chi connectivity index (χ1n) is 11.2. The number of halogens is 2. The normalized spacial score (nSPS) is 13.6. The van der Waals surface area contributed by atoms with E-state index in [2.05, 4.69) is 26.2 Å². The van der Waals surface area contributed by atoms with Gasteiger partial charge in [0.2, 0.25) is 0 Å². The molecule has 0 unspecified atom stereocenters. The van der Waals surface area contributed by atoms with Crippen molar-refractivity contribution in [2.24, 2.45) is 0 Å². The highest BCUT2D eigenvalue weighted by Crippen LogP contribution is 2.33. The number of nitro benzene ring substituents is 1. The first-order valence-corrected chi connectivity index (χ1v) is 13.2. The first-order chi connectivity index (χ1) is 17.8. The summed E-state index contributed by atoms with van der Waals surface area (Å²) in [4.78, 5) is 44.2. The van der Waals surface area contributed by atoms with E-state index in [9.17, 15) is 19.7 Å². The summed E-state index contributed by atoms with van der Waals surface area (Å²) in [5.41, 5.74) is 2.66. The lowest BCUT2D eigenvalue weighted by atomic mass is 10.2. The summed E-state index contributed by atoms with van der Waals surface area (Å²) in [7, 11) is 0. The van der Waals surface area contributed by atoms with Crippen molar-refractivity contribution in [3.05, 3.63) is 80.3 Å². The number of nitrogens with zero attached hydrogens (tertiary/aromatic N) is 4. The van der Waals surface area contributed by atoms with Gasteiger partial charge in [0.25, 0.3) is 5.69 Å². The third-order valence-electron chi connectivity index (χ3n) is 5.98. The summed E-state index contributed by atoms with van der Waals surface area (Å²) in [6.07, 6.45) is 0. The molecule has 1 aromatic heterocycles. The fourth-order valence-corrected chi connectivity index (χ4v) is 5.58. The Hall–Kier alpha value is -3.54. The fourth-order valence-electron chi connectivity index (χ4n) is 4.11. The number of fused-ring (bicyclic) bond motifs is 1. The van der Waals surface area contributed by atoms with Gasteiger partial charge in [-0.1, -0.05) is 27.5 Å². The van der Waals surface area contributed by atoms with Crippen LogP contribution in [0.2, 0.25) is 5.02 Å². The SMILES string of the molecule is O=C(Nc1ccc(-c2nc3cc(Br)ccc3s2)cc1)C(=O)N1CCN(c2ccc(Cl)cc2[N+](=O)[O-])CC1. The van der Waals surface area contributed by atoms with Crippen LogP contribution in [0.4, 0.5) is 17.1 Å². The second kappa shape index (κ2) is 10.4. The van der Waals surface area contributed by atoms with E-state index in [4.69, 9.17) is 11.6 Å². The lowest BCUT2D eigenvalue weighted by Crippen LogP contribution is -2.51. The largest absolute Gasteiger partial charge is 0.362 e. The Bertz CT molecular complexity index is 1520. The quantitative estimate of drug-likeness (QED) is 0.186. The minimum absolute atomic E-state index is 0.0906. The average molecular weight is 601 g/mol. The number of nitro groups is 1. The Morgan fingerprint density at radius 3 is 2.46 bits per heavy atom. The summed E-state index contributed by atoms with van der Waals surface area (Å²) in [5.74, 6) is -1.38. The van der Waals surface area contributed by atoms with Crippen LogP contribution in [0.15, 0.2) is 65.1 Å². The molecule has 1 N–H and O–H groups in total. The Labute approximate surface area is 228 Å². The van der Waals surface area contributed by atoms with Crippen LogP contribution in [0.3, 0.4) is 0 Å². The zero-order valence-corrected chi connectivity index (χ0v) is 22.3. The molecule has 12 heteroatoms. The van der Waals surface area contributed by atoms with Gasteiger partial charge in [-0.25, -0.2) is 4.98 Å². The predicted octanol–water partition coefficient (Wildman–Crippen LogP) is 5.57. The van der Waals surface area contributed by atoms with Crippen molar-refractivity contribution >= 4 is 78.0 Å². The molecule has 2 heterocycles. The van der Waals surface area contributed by atoms with E-state index in [1.165, 1.54) is 11.0 Å². The van der Waals surface area contributed by atoms with Crippen molar-refractivity contribution in [1.82, 2.24) is 9.88 Å². The molecule has 37 heavy (non-hydrogen) atoms. The van der Waals surface area contributed by atoms with Gasteiger partial charge in [0.15, 0.2) is 0 Å². The monoisotopic (exact) mass is 599 g/mol. The molecule has 0 radical (unpaired) electrons. The highest BCUT2D eigenvalue weighted by molar-refractivity contribution is 9.10. The molecule has 1 saturated heterocycles. The Morgan fingerprint density at radius 1 is 1.03 bits per heavy atom. The van der Waals surface area contributed by atoms with Crippen molar-refractivity contribution in [3.63, 3.8) is 0 Å². The maximum Gasteiger partial charge on any atom is 0.313 e. The number of nitrogens with one attached hydrogen (secondary N) is 1. The molecule has 9 nitrogen and oxygen atoms in total. The van der Waals surface area contributed by atoms with Crippen molar-refractivity contribution in [1.29, 1.82) is 0 Å². The van der Waals surface area contributed by atoms with Crippen LogP contribution in [-0.4, -0.2) is 52.8 Å². The average Bonchev–Trinajstić information content (AvgIpc) is 3.32. The van der Waals surface area contributed by atoms with Crippen molar-refractivity contribution in [3.8, 4) is 10.6 Å². The topological polar surface area (TPSA) is 109 Å². The van der Waals surface area contributed by atoms with Crippen LogP contribution in [-0.2, 0) is 9.59 Å². The van der Waals surface area contributed by atoms with E-state index in [1.54, 1.807) is 35.6 Å². The second-order valence-corrected chi connectivity index (χ2v) is 10.7. The van der Waals surface area contributed by atoms with Gasteiger partial charge in [-0.05, 0) is 54.6 Å². The van der Waals surface area contributed by atoms with E-state index < -0.39 is 16.7 Å². The van der Waals surface area contributed by atoms with Crippen molar-refractivity contribution in [2.75, 3.05) is 36.4 Å². The molecule has 1 aliphatic rings. The van der Waals surface area contributed by atoms with Gasteiger partial charge in [-0.2, -0.15) is 0 Å². The van der Waals surface area contributed by atoms with Gasteiger partial charge < -0.3 is 15.1 Å². The number of hydrogen-bond donors (Lipinski definition) is 1. The predicted molar refractivity (Wildman–Crippen MR) is 148 cm³/mol. The van der Waals surface area contributed by atoms with Crippen molar-refractivity contribution < 1.29 is 14.5 Å². The van der Waals surface area contributed by atoms with Gasteiger partial charge in [0.1, 0.15) is 10.7 Å². The van der Waals surface area contributed by atoms with Crippen LogP contribution >= 0.6 is 38.9 Å². The number of piperazine rings is 1. The van der Waals surface area contributed by atoms with Gasteiger partial charge in [-0.3, -0.25) is 19.7 Å². The number of aromatic nitrogens is 1. The summed E-state index contributed by atoms with van der Waals surface area (Å²) in [6.45, 7) is 1.24. The number of benzene rings is 3. The summed E-state index contributed by atoms with van der Waals surface area (Å²) in [6, 6.07) is 17.6. The zero-order chi connectivity index (χ0) is 26.1. The molecular formula is C25H19BrClN5O4S. The van der Waals surface area contributed by atoms with E-state index in [-0.39, 0.29) is 23.8 Å². The Kier molecular flexibility index (Phi) is 7.09. The molecule has 1 fully saturated rings. The van der Waals surface area contributed by atoms with Crippen LogP contribution in [0, 0.1) is 10.1 Å². The molecule has 0 bridgehead atoms. The standard InChI is InChI=1S/C25H19BrClN5O4S/c26-16-3-8-22-19(13-16)29-24(37-22)15-1-5-18(6-2-15)28-23(33)25(34)31-11-9-30(10-12-31)20-7-4-17(27)14-21(20)32(35)36/h1-8,13-14H,9-12H2,(H,28,33). The number of hydrogen-bond acceptors (Lipinski definition) is 7. The first kappa shape index (κ1) is 25.1. The van der Waals surface area contributed by atoms with E-state index in [0.29, 0.717) is 24.5 Å². The maximum absolute atomic E-state index is 12.7. The smallest absolute Gasteiger partial charge is 0.313 e. The number of amides is 2. The summed E-state index contributed by atoms with van der Waals surface area (Å²) >= 11 is 10.9. The molecule has 188 valence electrons. The lowest BCUT2D eigenvalue weighted by molar-refractivity contribution is -0.384. The van der Waals surface area contributed by atoms with Crippen LogP contribution < -0.4 is 10.2 Å². The third-order valence-corrected chi connectivity index (χ3v) is 7.79. The van der Waals surface area contributed by atoms with Crippen LogP contribution in [0.25, 0.3) is 20.8 Å². The molecule has 1 aliphatic heterocycles. The zero-order valence-electron chi connectivity index (χ0n) is 19.2. The molecule has 0 saturated carbocycles. The maximum atomic E-state index is 12.7. The number of anilines is 2. The highest BCUT2D eigenvalue weighted by atomic mass is 79.9. The fraction of sp³-hybridized carbons (Fsp3) is 0.160. The number of rotatable bonds is 4. The highest BCUT2D eigenvalue weighted by Gasteiger charge is 2.29. The van der Waals surface area contributed by atoms with Gasteiger partial charge in [-0.15, -0.1) is 11.3 Å². The molecular weight excluding hydrogens is 582 g/mol. The molecule has 2 amide bonds. The van der Waals surface area contributed by atoms with E-state index in [0.717, 1.165) is 25.3 Å². The van der Waals surface area contributed by atoms with E-state index in [1.807, 2.05) is 35.2 Å². The van der Waals surface area contributed by atoms with Gasteiger partial charge >= 0.3 is 11.8 Å². The molecule has 5 rings (SSSR count). The Morgan fingerprint density at radius 2 is 1.76 bits per heavy atom. The summed E-state index contributed by atoms with van der Waals surface area (Å²) in [5, 5.41) is 15.2. The molecule has 0 spiro atoms. The van der Waals surface area contributed by atoms with Crippen LogP contribution in [0.1, 0.15) is 0 Å². The third kappa shape index (κ3) is 5.43. The molecule has 0 atom stereocenters. The molecule has 3 aromatic carbocycles. The molecule has 0 aliphatic carbocycles. The van der Waals surface area contributed by atoms with Gasteiger partial charge in [0.05, 0.1) is 15.1 Å². The molecule has 4 aromatic rings. The van der Waals surface area contributed by atoms with Gasteiger partial charge in [0, 0.05) is 53.0 Å². The Balaban J connectivity index is 1.20. The minimum Gasteiger partial charge on any atom is -0.362 e. The lowest BCUT2D eigenvalue weighted by Gasteiger charge is -2.35. The number of carbonyl (C=O) groups is 2. The van der Waals surface area contributed by atoms with Crippen LogP contribution in [0.5, 0.6) is 0 Å². The number of thiazole rings is 1. The second-order valence-electron chi connectivity index (χ2n) is 8.33. The van der Waals surface area contributed by atoms with E-state index >= 15 is 0 Å². The summed E-state index contributed by atoms with van der Waals surface area (Å²) < 4.78 is 2.04. The number of carbonyl (C=O) groups excluding carboxylic acids is 2. The minimum atomic E-state index is -0.733.